The zero-order chi connectivity index (χ0) is 15.5. The number of hydrogen-bond donors (Lipinski definition) is 1. The van der Waals surface area contributed by atoms with Crippen LogP contribution >= 0.6 is 0 Å². The second-order valence-electron chi connectivity index (χ2n) is 5.52. The average molecular weight is 303 g/mol. The van der Waals surface area contributed by atoms with Gasteiger partial charge < -0.3 is 10.2 Å². The van der Waals surface area contributed by atoms with Gasteiger partial charge in [-0.2, -0.15) is 18.2 Å². The van der Waals surface area contributed by atoms with Crippen LogP contribution in [-0.2, 0) is 0 Å². The SMILES string of the molecule is CN(C)c1nccc(NCC2CCN(CC(F)(F)F)C2)n1. The summed E-state index contributed by atoms with van der Waals surface area (Å²) in [7, 11) is 3.70. The number of rotatable bonds is 5. The zero-order valence-corrected chi connectivity index (χ0v) is 12.2. The summed E-state index contributed by atoms with van der Waals surface area (Å²) >= 11 is 0. The molecule has 0 spiro atoms. The summed E-state index contributed by atoms with van der Waals surface area (Å²) in [5.74, 6) is 1.51. The summed E-state index contributed by atoms with van der Waals surface area (Å²) in [5.41, 5.74) is 0. The number of aromatic nitrogens is 2. The molecule has 1 unspecified atom stereocenters. The van der Waals surface area contributed by atoms with Gasteiger partial charge in [0, 0.05) is 33.4 Å². The Hall–Kier alpha value is -1.57. The van der Waals surface area contributed by atoms with Gasteiger partial charge in [0.05, 0.1) is 6.54 Å². The van der Waals surface area contributed by atoms with Crippen LogP contribution in [0.2, 0.25) is 0 Å². The smallest absolute Gasteiger partial charge is 0.370 e. The molecule has 5 nitrogen and oxygen atoms in total. The van der Waals surface area contributed by atoms with E-state index in [0.717, 1.165) is 6.42 Å². The third-order valence-electron chi connectivity index (χ3n) is 3.39. The lowest BCUT2D eigenvalue weighted by molar-refractivity contribution is -0.143. The Kier molecular flexibility index (Phi) is 4.87. The summed E-state index contributed by atoms with van der Waals surface area (Å²) in [5, 5.41) is 3.18. The number of halogens is 3. The van der Waals surface area contributed by atoms with Crippen molar-refractivity contribution in [3.8, 4) is 0 Å². The zero-order valence-electron chi connectivity index (χ0n) is 12.2. The van der Waals surface area contributed by atoms with E-state index in [-0.39, 0.29) is 5.92 Å². The summed E-state index contributed by atoms with van der Waals surface area (Å²) in [6, 6.07) is 1.76. The highest BCUT2D eigenvalue weighted by Gasteiger charge is 2.34. The molecule has 1 aliphatic rings. The molecule has 2 heterocycles. The average Bonchev–Trinajstić information content (AvgIpc) is 2.82. The Balaban J connectivity index is 1.80. The minimum absolute atomic E-state index is 0.213. The van der Waals surface area contributed by atoms with E-state index in [9.17, 15) is 13.2 Å². The minimum Gasteiger partial charge on any atom is -0.370 e. The largest absolute Gasteiger partial charge is 0.401 e. The first kappa shape index (κ1) is 15.8. The quantitative estimate of drug-likeness (QED) is 0.899. The van der Waals surface area contributed by atoms with Crippen LogP contribution in [0.4, 0.5) is 24.9 Å². The van der Waals surface area contributed by atoms with Gasteiger partial charge in [-0.1, -0.05) is 0 Å². The summed E-state index contributed by atoms with van der Waals surface area (Å²) in [6.07, 6.45) is -1.68. The van der Waals surface area contributed by atoms with Crippen molar-refractivity contribution in [1.82, 2.24) is 14.9 Å². The molecule has 0 bridgehead atoms. The highest BCUT2D eigenvalue weighted by molar-refractivity contribution is 5.40. The van der Waals surface area contributed by atoms with Gasteiger partial charge in [-0.15, -0.1) is 0 Å². The third kappa shape index (κ3) is 5.04. The van der Waals surface area contributed by atoms with Crippen molar-refractivity contribution in [2.75, 3.05) is 50.5 Å². The van der Waals surface area contributed by atoms with Gasteiger partial charge in [-0.05, 0) is 24.9 Å². The van der Waals surface area contributed by atoms with E-state index in [1.807, 2.05) is 14.1 Å². The lowest BCUT2D eigenvalue weighted by Crippen LogP contribution is -2.33. The van der Waals surface area contributed by atoms with Gasteiger partial charge in [-0.25, -0.2) is 4.98 Å². The lowest BCUT2D eigenvalue weighted by Gasteiger charge is -2.18. The first-order chi connectivity index (χ1) is 9.83. The third-order valence-corrected chi connectivity index (χ3v) is 3.39. The first-order valence-corrected chi connectivity index (χ1v) is 6.87. The van der Waals surface area contributed by atoms with Crippen LogP contribution in [0.1, 0.15) is 6.42 Å². The molecular weight excluding hydrogens is 283 g/mol. The maximum absolute atomic E-state index is 12.3. The molecule has 1 fully saturated rings. The maximum atomic E-state index is 12.3. The van der Waals surface area contributed by atoms with E-state index >= 15 is 0 Å². The van der Waals surface area contributed by atoms with Gasteiger partial charge in [0.25, 0.3) is 0 Å². The predicted octanol–water partition coefficient (Wildman–Crippen LogP) is 1.84. The number of alkyl halides is 3. The fourth-order valence-electron chi connectivity index (χ4n) is 2.39. The van der Waals surface area contributed by atoms with Crippen LogP contribution in [0.3, 0.4) is 0 Å². The molecule has 1 N–H and O–H groups in total. The molecule has 1 atom stereocenters. The molecule has 0 radical (unpaired) electrons. The molecule has 8 heteroatoms. The van der Waals surface area contributed by atoms with Crippen LogP contribution in [0, 0.1) is 5.92 Å². The summed E-state index contributed by atoms with van der Waals surface area (Å²) in [6.45, 7) is 0.775. The Morgan fingerprint density at radius 1 is 1.43 bits per heavy atom. The molecule has 2 rings (SSSR count). The molecule has 0 aromatic carbocycles. The molecule has 1 saturated heterocycles. The van der Waals surface area contributed by atoms with Crippen molar-refractivity contribution in [2.45, 2.75) is 12.6 Å². The number of nitrogens with zero attached hydrogens (tertiary/aromatic N) is 4. The standard InChI is InChI=1S/C13H20F3N5/c1-20(2)12-17-5-3-11(19-12)18-7-10-4-6-21(8-10)9-13(14,15)16/h3,5,10H,4,6-9H2,1-2H3,(H,17,18,19). The number of anilines is 2. The lowest BCUT2D eigenvalue weighted by atomic mass is 10.1. The van der Waals surface area contributed by atoms with Gasteiger partial charge in [-0.3, -0.25) is 4.90 Å². The van der Waals surface area contributed by atoms with Crippen molar-refractivity contribution in [3.63, 3.8) is 0 Å². The molecule has 0 saturated carbocycles. The molecular formula is C13H20F3N5. The van der Waals surface area contributed by atoms with E-state index in [1.54, 1.807) is 17.2 Å². The monoisotopic (exact) mass is 303 g/mol. The molecule has 1 aliphatic heterocycles. The van der Waals surface area contributed by atoms with E-state index in [0.29, 0.717) is 31.4 Å². The van der Waals surface area contributed by atoms with Crippen molar-refractivity contribution in [3.05, 3.63) is 12.3 Å². The summed E-state index contributed by atoms with van der Waals surface area (Å²) < 4.78 is 37.0. The van der Waals surface area contributed by atoms with Crippen LogP contribution in [-0.4, -0.2) is 61.3 Å². The van der Waals surface area contributed by atoms with Crippen molar-refractivity contribution >= 4 is 11.8 Å². The Bertz CT molecular complexity index is 463. The Labute approximate surface area is 122 Å². The fraction of sp³-hybridized carbons (Fsp3) is 0.692. The molecule has 1 aromatic heterocycles. The molecule has 0 aliphatic carbocycles. The second-order valence-corrected chi connectivity index (χ2v) is 5.52. The van der Waals surface area contributed by atoms with Gasteiger partial charge in [0.15, 0.2) is 0 Å². The van der Waals surface area contributed by atoms with Gasteiger partial charge >= 0.3 is 6.18 Å². The Morgan fingerprint density at radius 3 is 2.86 bits per heavy atom. The first-order valence-electron chi connectivity index (χ1n) is 6.87. The predicted molar refractivity (Wildman–Crippen MR) is 75.5 cm³/mol. The molecule has 118 valence electrons. The van der Waals surface area contributed by atoms with E-state index in [1.165, 1.54) is 4.90 Å². The van der Waals surface area contributed by atoms with Crippen LogP contribution in [0.25, 0.3) is 0 Å². The van der Waals surface area contributed by atoms with Crippen LogP contribution in [0.5, 0.6) is 0 Å². The molecule has 21 heavy (non-hydrogen) atoms. The number of nitrogens with one attached hydrogen (secondary N) is 1. The Morgan fingerprint density at radius 2 is 2.19 bits per heavy atom. The molecule has 1 aromatic rings. The molecule has 0 amide bonds. The number of likely N-dealkylation sites (tertiary alicyclic amines) is 1. The minimum atomic E-state index is -4.12. The fourth-order valence-corrected chi connectivity index (χ4v) is 2.39. The van der Waals surface area contributed by atoms with Crippen molar-refractivity contribution in [2.24, 2.45) is 5.92 Å². The highest BCUT2D eigenvalue weighted by atomic mass is 19.4. The van der Waals surface area contributed by atoms with Crippen LogP contribution < -0.4 is 10.2 Å². The van der Waals surface area contributed by atoms with Crippen molar-refractivity contribution in [1.29, 1.82) is 0 Å². The second kappa shape index (κ2) is 6.46. The topological polar surface area (TPSA) is 44.3 Å². The van der Waals surface area contributed by atoms with Crippen LogP contribution in [0.15, 0.2) is 12.3 Å². The van der Waals surface area contributed by atoms with E-state index in [4.69, 9.17) is 0 Å². The number of hydrogen-bond acceptors (Lipinski definition) is 5. The highest BCUT2D eigenvalue weighted by Crippen LogP contribution is 2.23. The van der Waals surface area contributed by atoms with E-state index < -0.39 is 12.7 Å². The normalized spacial score (nSPS) is 19.8. The maximum Gasteiger partial charge on any atom is 0.401 e. The summed E-state index contributed by atoms with van der Waals surface area (Å²) in [4.78, 5) is 11.7. The van der Waals surface area contributed by atoms with E-state index in [2.05, 4.69) is 15.3 Å². The van der Waals surface area contributed by atoms with Gasteiger partial charge in [0.1, 0.15) is 5.82 Å². The van der Waals surface area contributed by atoms with Gasteiger partial charge in [0.2, 0.25) is 5.95 Å². The van der Waals surface area contributed by atoms with Crippen molar-refractivity contribution < 1.29 is 13.2 Å².